The number of nitrogens with one attached hydrogen (secondary N) is 1. The second-order valence-corrected chi connectivity index (χ2v) is 2.90. The van der Waals surface area contributed by atoms with E-state index in [1.807, 2.05) is 6.92 Å². The summed E-state index contributed by atoms with van der Waals surface area (Å²) in [5.41, 5.74) is 1.97. The van der Waals surface area contributed by atoms with Crippen molar-refractivity contribution in [1.29, 1.82) is 0 Å². The maximum atomic E-state index is 11.4. The molecule has 5 nitrogen and oxygen atoms in total. The van der Waals surface area contributed by atoms with Gasteiger partial charge in [-0.3, -0.25) is 4.90 Å². The minimum Gasteiger partial charge on any atom is -0.391 e. The molecule has 2 rings (SSSR count). The molecule has 0 atom stereocenters. The molecule has 2 heterocycles. The van der Waals surface area contributed by atoms with E-state index in [-0.39, 0.29) is 6.03 Å². The highest BCUT2D eigenvalue weighted by atomic mass is 16.6. The fourth-order valence-corrected chi connectivity index (χ4v) is 1.47. The number of amides is 2. The van der Waals surface area contributed by atoms with Crippen LogP contribution in [-0.2, 0) is 4.84 Å². The van der Waals surface area contributed by atoms with Crippen molar-refractivity contribution >= 4 is 12.2 Å². The zero-order valence-electron chi connectivity index (χ0n) is 7.41. The minimum atomic E-state index is -0.0606. The van der Waals surface area contributed by atoms with Gasteiger partial charge in [-0.2, -0.15) is 0 Å². The fraction of sp³-hybridized carbons (Fsp3) is 0.500. The first kappa shape index (κ1) is 8.10. The van der Waals surface area contributed by atoms with Gasteiger partial charge >= 0.3 is 6.03 Å². The van der Waals surface area contributed by atoms with Crippen molar-refractivity contribution < 1.29 is 9.63 Å². The zero-order valence-corrected chi connectivity index (χ0v) is 7.41. The molecule has 5 heteroatoms. The van der Waals surface area contributed by atoms with E-state index in [9.17, 15) is 4.79 Å². The minimum absolute atomic E-state index is 0.0606. The van der Waals surface area contributed by atoms with Crippen LogP contribution in [0.15, 0.2) is 16.4 Å². The Morgan fingerprint density at radius 3 is 3.38 bits per heavy atom. The van der Waals surface area contributed by atoms with Gasteiger partial charge in [0.2, 0.25) is 0 Å². The summed E-state index contributed by atoms with van der Waals surface area (Å²) < 4.78 is 0. The average Bonchev–Trinajstić information content (AvgIpc) is 2.18. The highest BCUT2D eigenvalue weighted by Gasteiger charge is 2.25. The van der Waals surface area contributed by atoms with Crippen LogP contribution in [0.3, 0.4) is 0 Å². The predicted octanol–water partition coefficient (Wildman–Crippen LogP) is 0.302. The first-order valence-corrected chi connectivity index (χ1v) is 4.25. The Balaban J connectivity index is 2.33. The van der Waals surface area contributed by atoms with Gasteiger partial charge in [0.25, 0.3) is 0 Å². The second kappa shape index (κ2) is 3.08. The maximum absolute atomic E-state index is 11.4. The number of urea groups is 1. The van der Waals surface area contributed by atoms with Gasteiger partial charge in [0.15, 0.2) is 0 Å². The van der Waals surface area contributed by atoms with Gasteiger partial charge < -0.3 is 10.2 Å². The number of oxime groups is 1. The van der Waals surface area contributed by atoms with E-state index in [0.29, 0.717) is 19.7 Å². The Labute approximate surface area is 76.0 Å². The van der Waals surface area contributed by atoms with Crippen molar-refractivity contribution in [3.05, 3.63) is 11.3 Å². The summed E-state index contributed by atoms with van der Waals surface area (Å²) >= 11 is 0. The SMILES string of the molecule is CCN1C(=O)NCC2=C1C=NOC2. The summed E-state index contributed by atoms with van der Waals surface area (Å²) in [6.07, 6.45) is 1.60. The first-order valence-electron chi connectivity index (χ1n) is 4.25. The van der Waals surface area contributed by atoms with Crippen LogP contribution in [0.25, 0.3) is 0 Å². The van der Waals surface area contributed by atoms with Gasteiger partial charge in [-0.25, -0.2) is 4.79 Å². The number of nitrogens with zero attached hydrogens (tertiary/aromatic N) is 2. The van der Waals surface area contributed by atoms with Crippen LogP contribution in [0.5, 0.6) is 0 Å². The lowest BCUT2D eigenvalue weighted by molar-refractivity contribution is 0.154. The summed E-state index contributed by atoms with van der Waals surface area (Å²) in [6.45, 7) is 3.62. The molecule has 0 aromatic heterocycles. The van der Waals surface area contributed by atoms with Gasteiger partial charge in [0, 0.05) is 18.7 Å². The fourth-order valence-electron chi connectivity index (χ4n) is 1.47. The van der Waals surface area contributed by atoms with Gasteiger partial charge in [0.05, 0.1) is 11.9 Å². The monoisotopic (exact) mass is 181 g/mol. The summed E-state index contributed by atoms with van der Waals surface area (Å²) in [5, 5.41) is 6.46. The third kappa shape index (κ3) is 1.26. The molecule has 2 aliphatic rings. The van der Waals surface area contributed by atoms with Crippen LogP contribution in [0.2, 0.25) is 0 Å². The third-order valence-corrected chi connectivity index (χ3v) is 2.16. The molecule has 13 heavy (non-hydrogen) atoms. The summed E-state index contributed by atoms with van der Waals surface area (Å²) in [7, 11) is 0. The molecule has 0 spiro atoms. The Morgan fingerprint density at radius 1 is 1.77 bits per heavy atom. The predicted molar refractivity (Wildman–Crippen MR) is 47.2 cm³/mol. The lowest BCUT2D eigenvalue weighted by Crippen LogP contribution is -2.47. The maximum Gasteiger partial charge on any atom is 0.322 e. The molecule has 2 aliphatic heterocycles. The highest BCUT2D eigenvalue weighted by molar-refractivity contribution is 5.90. The lowest BCUT2D eigenvalue weighted by Gasteiger charge is -2.30. The lowest BCUT2D eigenvalue weighted by atomic mass is 10.1. The molecule has 0 aromatic carbocycles. The van der Waals surface area contributed by atoms with Crippen molar-refractivity contribution in [2.45, 2.75) is 6.92 Å². The van der Waals surface area contributed by atoms with Crippen molar-refractivity contribution in [3.63, 3.8) is 0 Å². The molecule has 0 radical (unpaired) electrons. The van der Waals surface area contributed by atoms with E-state index in [1.54, 1.807) is 11.1 Å². The van der Waals surface area contributed by atoms with E-state index in [2.05, 4.69) is 10.5 Å². The van der Waals surface area contributed by atoms with Crippen LogP contribution < -0.4 is 5.32 Å². The van der Waals surface area contributed by atoms with E-state index in [0.717, 1.165) is 11.3 Å². The van der Waals surface area contributed by atoms with Gasteiger partial charge in [-0.15, -0.1) is 0 Å². The second-order valence-electron chi connectivity index (χ2n) is 2.90. The van der Waals surface area contributed by atoms with Gasteiger partial charge in [-0.05, 0) is 6.92 Å². The van der Waals surface area contributed by atoms with E-state index >= 15 is 0 Å². The van der Waals surface area contributed by atoms with Crippen LogP contribution >= 0.6 is 0 Å². The Morgan fingerprint density at radius 2 is 2.62 bits per heavy atom. The van der Waals surface area contributed by atoms with E-state index in [1.165, 1.54) is 0 Å². The van der Waals surface area contributed by atoms with Crippen LogP contribution in [0.1, 0.15) is 6.92 Å². The molecule has 0 saturated heterocycles. The molecule has 0 saturated carbocycles. The summed E-state index contributed by atoms with van der Waals surface area (Å²) in [5.74, 6) is 0. The average molecular weight is 181 g/mol. The molecule has 0 unspecified atom stereocenters. The van der Waals surface area contributed by atoms with Crippen LogP contribution in [-0.4, -0.2) is 36.8 Å². The zero-order chi connectivity index (χ0) is 9.26. The quantitative estimate of drug-likeness (QED) is 0.632. The highest BCUT2D eigenvalue weighted by Crippen LogP contribution is 2.16. The summed E-state index contributed by atoms with van der Waals surface area (Å²) in [4.78, 5) is 17.9. The molecule has 0 aliphatic carbocycles. The number of rotatable bonds is 1. The number of hydrogen-bond donors (Lipinski definition) is 1. The molecular weight excluding hydrogens is 170 g/mol. The van der Waals surface area contributed by atoms with Crippen LogP contribution in [0.4, 0.5) is 4.79 Å². The first-order chi connectivity index (χ1) is 6.33. The summed E-state index contributed by atoms with van der Waals surface area (Å²) in [6, 6.07) is -0.0606. The number of carbonyl (C=O) groups excluding carboxylic acids is 1. The third-order valence-electron chi connectivity index (χ3n) is 2.16. The van der Waals surface area contributed by atoms with Crippen molar-refractivity contribution in [2.75, 3.05) is 19.7 Å². The molecular formula is C8H11N3O2. The molecule has 70 valence electrons. The van der Waals surface area contributed by atoms with E-state index in [4.69, 9.17) is 4.84 Å². The smallest absolute Gasteiger partial charge is 0.322 e. The number of allylic oxidation sites excluding steroid dienone is 1. The largest absolute Gasteiger partial charge is 0.391 e. The Kier molecular flexibility index (Phi) is 1.92. The van der Waals surface area contributed by atoms with Crippen molar-refractivity contribution in [3.8, 4) is 0 Å². The molecule has 0 aromatic rings. The van der Waals surface area contributed by atoms with E-state index < -0.39 is 0 Å². The molecule has 0 bridgehead atoms. The van der Waals surface area contributed by atoms with Crippen molar-refractivity contribution in [1.82, 2.24) is 10.2 Å². The Bertz CT molecular complexity index is 296. The number of carbonyl (C=O) groups is 1. The topological polar surface area (TPSA) is 53.9 Å². The van der Waals surface area contributed by atoms with Gasteiger partial charge in [-0.1, -0.05) is 5.16 Å². The standard InChI is InChI=1S/C8H11N3O2/c1-2-11-7-4-10-13-5-6(7)3-9-8(11)12/h4H,2-3,5H2,1H3,(H,9,12). The molecule has 2 amide bonds. The Hall–Kier alpha value is -1.52. The molecule has 1 N–H and O–H groups in total. The molecule has 0 fully saturated rings. The van der Waals surface area contributed by atoms with Gasteiger partial charge in [0.1, 0.15) is 6.61 Å². The number of hydrogen-bond acceptors (Lipinski definition) is 3. The van der Waals surface area contributed by atoms with Crippen molar-refractivity contribution in [2.24, 2.45) is 5.16 Å². The van der Waals surface area contributed by atoms with Crippen LogP contribution in [0, 0.1) is 0 Å². The normalized spacial score (nSPS) is 21.0.